The van der Waals surface area contributed by atoms with Crippen molar-refractivity contribution in [3.8, 4) is 0 Å². The van der Waals surface area contributed by atoms with Gasteiger partial charge in [0.15, 0.2) is 0 Å². The van der Waals surface area contributed by atoms with Crippen molar-refractivity contribution >= 4 is 17.2 Å². The Morgan fingerprint density at radius 2 is 2.00 bits per heavy atom. The number of primary amides is 1. The number of aryl methyl sites for hydroxylation is 2. The van der Waals surface area contributed by atoms with E-state index in [4.69, 9.17) is 5.73 Å². The van der Waals surface area contributed by atoms with Crippen molar-refractivity contribution in [1.29, 1.82) is 0 Å². The molecule has 1 aromatic heterocycles. The van der Waals surface area contributed by atoms with E-state index in [0.717, 1.165) is 22.8 Å². The summed E-state index contributed by atoms with van der Waals surface area (Å²) in [6, 6.07) is 7.62. The fraction of sp³-hybridized carbons (Fsp3) is 0.333. The van der Waals surface area contributed by atoms with Gasteiger partial charge in [0.25, 0.3) is 0 Å². The van der Waals surface area contributed by atoms with Crippen LogP contribution in [0.5, 0.6) is 0 Å². The maximum atomic E-state index is 11.0. The minimum atomic E-state index is -0.395. The van der Waals surface area contributed by atoms with Gasteiger partial charge in [-0.3, -0.25) is 4.79 Å². The highest BCUT2D eigenvalue weighted by Crippen LogP contribution is 2.24. The number of carbonyl (C=O) groups is 1. The molecule has 0 aliphatic carbocycles. The third-order valence-corrected chi connectivity index (χ3v) is 4.44. The number of hydrogen-bond acceptors (Lipinski definition) is 4. The Kier molecular flexibility index (Phi) is 4.52. The minimum absolute atomic E-state index is 0.261. The van der Waals surface area contributed by atoms with Crippen molar-refractivity contribution in [3.05, 3.63) is 51.0 Å². The Labute approximate surface area is 123 Å². The van der Waals surface area contributed by atoms with Crippen molar-refractivity contribution < 1.29 is 4.79 Å². The second kappa shape index (κ2) is 6.15. The number of hydrogen-bond donors (Lipinski definition) is 2. The molecule has 0 aliphatic rings. The van der Waals surface area contributed by atoms with Crippen molar-refractivity contribution in [1.82, 2.24) is 10.3 Å². The summed E-state index contributed by atoms with van der Waals surface area (Å²) >= 11 is 1.73. The van der Waals surface area contributed by atoms with E-state index >= 15 is 0 Å². The molecule has 0 radical (unpaired) electrons. The predicted molar refractivity (Wildman–Crippen MR) is 81.8 cm³/mol. The number of amides is 1. The summed E-state index contributed by atoms with van der Waals surface area (Å²) in [6.07, 6.45) is 0. The number of thiazole rings is 1. The van der Waals surface area contributed by atoms with E-state index in [1.165, 1.54) is 4.88 Å². The summed E-state index contributed by atoms with van der Waals surface area (Å²) in [6.45, 7) is 6.95. The van der Waals surface area contributed by atoms with Gasteiger partial charge in [-0.15, -0.1) is 11.3 Å². The molecule has 1 atom stereocenters. The molecule has 0 saturated carbocycles. The van der Waals surface area contributed by atoms with E-state index in [9.17, 15) is 4.79 Å². The number of aromatic nitrogens is 1. The molecule has 1 unspecified atom stereocenters. The van der Waals surface area contributed by atoms with Gasteiger partial charge in [-0.1, -0.05) is 12.1 Å². The number of nitrogens with one attached hydrogen (secondary N) is 1. The molecule has 0 spiro atoms. The summed E-state index contributed by atoms with van der Waals surface area (Å²) in [7, 11) is 0. The number of rotatable bonds is 5. The van der Waals surface area contributed by atoms with E-state index in [1.807, 2.05) is 26.0 Å². The van der Waals surface area contributed by atoms with Gasteiger partial charge < -0.3 is 11.1 Å². The first-order chi connectivity index (χ1) is 9.47. The Hall–Kier alpha value is -1.72. The van der Waals surface area contributed by atoms with Crippen molar-refractivity contribution in [2.24, 2.45) is 5.73 Å². The summed E-state index contributed by atoms with van der Waals surface area (Å²) in [5, 5.41) is 4.57. The molecular weight excluding hydrogens is 270 g/mol. The first kappa shape index (κ1) is 14.7. The summed E-state index contributed by atoms with van der Waals surface area (Å²) in [4.78, 5) is 16.7. The molecular formula is C15H19N3OS. The van der Waals surface area contributed by atoms with Crippen LogP contribution < -0.4 is 11.1 Å². The SMILES string of the molecule is Cc1nc(C)c(C(C)NCc2ccc(C(N)=O)cc2)s1. The Balaban J connectivity index is 1.98. The first-order valence-electron chi connectivity index (χ1n) is 6.53. The third-order valence-electron chi connectivity index (χ3n) is 3.18. The highest BCUT2D eigenvalue weighted by Gasteiger charge is 2.12. The van der Waals surface area contributed by atoms with E-state index in [2.05, 4.69) is 17.2 Å². The van der Waals surface area contributed by atoms with Crippen LogP contribution >= 0.6 is 11.3 Å². The standard InChI is InChI=1S/C15H19N3OS/c1-9(14-10(2)18-11(3)20-14)17-8-12-4-6-13(7-5-12)15(16)19/h4-7,9,17H,8H2,1-3H3,(H2,16,19). The zero-order chi connectivity index (χ0) is 14.7. The Bertz CT molecular complexity index is 604. The maximum Gasteiger partial charge on any atom is 0.248 e. The smallest absolute Gasteiger partial charge is 0.248 e. The van der Waals surface area contributed by atoms with Crippen LogP contribution in [0.3, 0.4) is 0 Å². The van der Waals surface area contributed by atoms with Gasteiger partial charge in [0.05, 0.1) is 10.7 Å². The molecule has 2 rings (SSSR count). The van der Waals surface area contributed by atoms with Crippen LogP contribution in [0.25, 0.3) is 0 Å². The van der Waals surface area contributed by atoms with Crippen LogP contribution in [-0.4, -0.2) is 10.9 Å². The average molecular weight is 289 g/mol. The van der Waals surface area contributed by atoms with Gasteiger partial charge in [-0.25, -0.2) is 4.98 Å². The summed E-state index contributed by atoms with van der Waals surface area (Å²) < 4.78 is 0. The largest absolute Gasteiger partial charge is 0.366 e. The van der Waals surface area contributed by atoms with Gasteiger partial charge in [0.1, 0.15) is 0 Å². The van der Waals surface area contributed by atoms with Gasteiger partial charge >= 0.3 is 0 Å². The molecule has 1 heterocycles. The van der Waals surface area contributed by atoms with Crippen LogP contribution in [0.15, 0.2) is 24.3 Å². The topological polar surface area (TPSA) is 68.0 Å². The molecule has 20 heavy (non-hydrogen) atoms. The number of carbonyl (C=O) groups excluding carboxylic acids is 1. The van der Waals surface area contributed by atoms with Gasteiger partial charge in [0, 0.05) is 23.0 Å². The molecule has 0 fully saturated rings. The number of nitrogens with two attached hydrogens (primary N) is 1. The summed E-state index contributed by atoms with van der Waals surface area (Å²) in [5.41, 5.74) is 7.98. The van der Waals surface area contributed by atoms with E-state index in [-0.39, 0.29) is 6.04 Å². The molecule has 0 bridgehead atoms. The van der Waals surface area contributed by atoms with Crippen LogP contribution in [0, 0.1) is 13.8 Å². The molecule has 5 heteroatoms. The lowest BCUT2D eigenvalue weighted by molar-refractivity contribution is 0.100. The van der Waals surface area contributed by atoms with Gasteiger partial charge in [-0.05, 0) is 38.5 Å². The van der Waals surface area contributed by atoms with Crippen LogP contribution in [-0.2, 0) is 6.54 Å². The minimum Gasteiger partial charge on any atom is -0.366 e. The molecule has 4 nitrogen and oxygen atoms in total. The van der Waals surface area contributed by atoms with E-state index in [1.54, 1.807) is 23.5 Å². The molecule has 0 saturated heterocycles. The first-order valence-corrected chi connectivity index (χ1v) is 7.35. The van der Waals surface area contributed by atoms with Gasteiger partial charge in [0.2, 0.25) is 5.91 Å². The van der Waals surface area contributed by atoms with E-state index < -0.39 is 5.91 Å². The second-order valence-corrected chi connectivity index (χ2v) is 6.08. The monoisotopic (exact) mass is 289 g/mol. The zero-order valence-electron chi connectivity index (χ0n) is 11.9. The molecule has 1 amide bonds. The highest BCUT2D eigenvalue weighted by atomic mass is 32.1. The van der Waals surface area contributed by atoms with Crippen molar-refractivity contribution in [2.75, 3.05) is 0 Å². The van der Waals surface area contributed by atoms with Crippen molar-refractivity contribution in [3.63, 3.8) is 0 Å². The normalized spacial score (nSPS) is 12.3. The molecule has 3 N–H and O–H groups in total. The Morgan fingerprint density at radius 1 is 1.35 bits per heavy atom. The number of nitrogens with zero attached hydrogens (tertiary/aromatic N) is 1. The summed E-state index contributed by atoms with van der Waals surface area (Å²) in [5.74, 6) is -0.395. The number of benzene rings is 1. The van der Waals surface area contributed by atoms with Crippen LogP contribution in [0.2, 0.25) is 0 Å². The third kappa shape index (κ3) is 3.43. The maximum absolute atomic E-state index is 11.0. The molecule has 1 aromatic carbocycles. The predicted octanol–water partition coefficient (Wildman–Crippen LogP) is 2.71. The van der Waals surface area contributed by atoms with E-state index in [0.29, 0.717) is 5.56 Å². The fourth-order valence-corrected chi connectivity index (χ4v) is 3.05. The molecule has 106 valence electrons. The quantitative estimate of drug-likeness (QED) is 0.889. The molecule has 0 aliphatic heterocycles. The van der Waals surface area contributed by atoms with Gasteiger partial charge in [-0.2, -0.15) is 0 Å². The fourth-order valence-electron chi connectivity index (χ4n) is 2.10. The van der Waals surface area contributed by atoms with Crippen LogP contribution in [0.1, 0.15) is 44.5 Å². The lowest BCUT2D eigenvalue weighted by Gasteiger charge is -2.13. The zero-order valence-corrected chi connectivity index (χ0v) is 12.8. The lowest BCUT2D eigenvalue weighted by atomic mass is 10.1. The highest BCUT2D eigenvalue weighted by molar-refractivity contribution is 7.11. The lowest BCUT2D eigenvalue weighted by Crippen LogP contribution is -2.18. The molecule has 2 aromatic rings. The Morgan fingerprint density at radius 3 is 2.50 bits per heavy atom. The average Bonchev–Trinajstić information content (AvgIpc) is 2.75. The second-order valence-electron chi connectivity index (χ2n) is 4.85. The van der Waals surface area contributed by atoms with Crippen molar-refractivity contribution in [2.45, 2.75) is 33.4 Å². The van der Waals surface area contributed by atoms with Crippen LogP contribution in [0.4, 0.5) is 0 Å².